The van der Waals surface area contributed by atoms with Crippen LogP contribution in [-0.4, -0.2) is 96.7 Å². The third-order valence-corrected chi connectivity index (χ3v) is 7.47. The second-order valence-corrected chi connectivity index (χ2v) is 10.2. The average molecular weight is 539 g/mol. The summed E-state index contributed by atoms with van der Waals surface area (Å²) < 4.78 is 7.77. The summed E-state index contributed by atoms with van der Waals surface area (Å²) in [5.41, 5.74) is 6.13. The SMILES string of the molecule is N=C(N)NCCCN1CCC(n2cc3c(nc2=O)Nc2cc(C(=O)NCCN4CCNCC4)ccc2O3)CC1. The van der Waals surface area contributed by atoms with Crippen LogP contribution >= 0.6 is 0 Å². The van der Waals surface area contributed by atoms with Gasteiger partial charge in [0.15, 0.2) is 23.3 Å². The van der Waals surface area contributed by atoms with Crippen LogP contribution in [0.25, 0.3) is 0 Å². The second-order valence-electron chi connectivity index (χ2n) is 10.2. The third kappa shape index (κ3) is 6.85. The number of benzene rings is 1. The lowest BCUT2D eigenvalue weighted by molar-refractivity contribution is 0.0947. The molecular weight excluding hydrogens is 500 g/mol. The average Bonchev–Trinajstić information content (AvgIpc) is 2.94. The minimum absolute atomic E-state index is 0.00454. The standard InChI is InChI=1S/C26H38N10O3/c27-25(28)31-6-1-10-34-11-4-19(5-12-34)36-17-22-23(33-26(36)38)32-20-16-18(2-3-21(20)39-22)24(37)30-9-15-35-13-7-29-8-14-35/h2-3,16-17,19,29H,1,4-15H2,(H,30,37)(H4,27,28,31)(H,32,33,38). The Kier molecular flexibility index (Phi) is 8.59. The maximum Gasteiger partial charge on any atom is 0.350 e. The van der Waals surface area contributed by atoms with Crippen LogP contribution in [0, 0.1) is 5.41 Å². The minimum atomic E-state index is -0.320. The van der Waals surface area contributed by atoms with Crippen molar-refractivity contribution >= 4 is 23.4 Å². The third-order valence-electron chi connectivity index (χ3n) is 7.47. The van der Waals surface area contributed by atoms with Gasteiger partial charge in [0.2, 0.25) is 0 Å². The highest BCUT2D eigenvalue weighted by atomic mass is 16.5. The summed E-state index contributed by atoms with van der Waals surface area (Å²) in [6.07, 6.45) is 4.34. The monoisotopic (exact) mass is 538 g/mol. The van der Waals surface area contributed by atoms with Crippen LogP contribution in [0.2, 0.25) is 0 Å². The Morgan fingerprint density at radius 2 is 1.85 bits per heavy atom. The number of piperazine rings is 1. The van der Waals surface area contributed by atoms with Gasteiger partial charge in [-0.25, -0.2) is 4.79 Å². The lowest BCUT2D eigenvalue weighted by atomic mass is 10.0. The van der Waals surface area contributed by atoms with Crippen molar-refractivity contribution in [2.75, 3.05) is 70.8 Å². The van der Waals surface area contributed by atoms with Crippen molar-refractivity contribution in [1.29, 1.82) is 5.41 Å². The molecule has 7 N–H and O–H groups in total. The van der Waals surface area contributed by atoms with Crippen molar-refractivity contribution in [2.45, 2.75) is 25.3 Å². The Balaban J connectivity index is 1.16. The molecule has 0 radical (unpaired) electrons. The zero-order valence-corrected chi connectivity index (χ0v) is 22.2. The van der Waals surface area contributed by atoms with E-state index in [1.165, 1.54) is 0 Å². The van der Waals surface area contributed by atoms with Gasteiger partial charge in [0.1, 0.15) is 0 Å². The van der Waals surface area contributed by atoms with Crippen molar-refractivity contribution in [3.63, 3.8) is 0 Å². The second kappa shape index (κ2) is 12.5. The molecule has 13 heteroatoms. The Hall–Kier alpha value is -3.68. The van der Waals surface area contributed by atoms with E-state index in [2.05, 4.69) is 36.1 Å². The number of nitrogens with one attached hydrogen (secondary N) is 5. The predicted octanol–water partition coefficient (Wildman–Crippen LogP) is 0.238. The van der Waals surface area contributed by atoms with E-state index >= 15 is 0 Å². The number of anilines is 2. The number of carbonyl (C=O) groups excluding carboxylic acids is 1. The molecule has 3 aliphatic heterocycles. The zero-order chi connectivity index (χ0) is 27.2. The number of nitrogens with zero attached hydrogens (tertiary/aromatic N) is 4. The first-order chi connectivity index (χ1) is 19.0. The van der Waals surface area contributed by atoms with Crippen molar-refractivity contribution in [2.24, 2.45) is 5.73 Å². The fourth-order valence-electron chi connectivity index (χ4n) is 5.29. The first-order valence-electron chi connectivity index (χ1n) is 13.7. The van der Waals surface area contributed by atoms with E-state index in [4.69, 9.17) is 15.9 Å². The van der Waals surface area contributed by atoms with Gasteiger partial charge >= 0.3 is 5.69 Å². The van der Waals surface area contributed by atoms with Crippen LogP contribution in [0.4, 0.5) is 11.5 Å². The first-order valence-corrected chi connectivity index (χ1v) is 13.7. The van der Waals surface area contributed by atoms with Gasteiger partial charge in [0.05, 0.1) is 11.9 Å². The summed E-state index contributed by atoms with van der Waals surface area (Å²) in [5.74, 6) is 1.28. The number of piperidine rings is 1. The smallest absolute Gasteiger partial charge is 0.350 e. The van der Waals surface area contributed by atoms with Crippen LogP contribution in [0.5, 0.6) is 11.5 Å². The first kappa shape index (κ1) is 26.9. The summed E-state index contributed by atoms with van der Waals surface area (Å²) >= 11 is 0. The number of fused-ring (bicyclic) bond motifs is 2. The fraction of sp³-hybridized carbons (Fsp3) is 0.538. The van der Waals surface area contributed by atoms with Gasteiger partial charge in [-0.1, -0.05) is 0 Å². The van der Waals surface area contributed by atoms with Gasteiger partial charge in [-0.3, -0.25) is 19.7 Å². The molecular formula is C26H38N10O3. The molecule has 2 saturated heterocycles. The Morgan fingerprint density at radius 3 is 2.62 bits per heavy atom. The molecule has 1 amide bonds. The summed E-state index contributed by atoms with van der Waals surface area (Å²) in [4.78, 5) is 34.6. The highest BCUT2D eigenvalue weighted by molar-refractivity contribution is 5.96. The van der Waals surface area contributed by atoms with E-state index in [1.54, 1.807) is 29.0 Å². The van der Waals surface area contributed by atoms with Crippen molar-refractivity contribution in [1.82, 2.24) is 35.3 Å². The number of rotatable bonds is 9. The summed E-state index contributed by atoms with van der Waals surface area (Å²) in [6, 6.07) is 5.30. The van der Waals surface area contributed by atoms with Crippen LogP contribution < -0.4 is 37.4 Å². The maximum absolute atomic E-state index is 12.9. The largest absolute Gasteiger partial charge is 0.450 e. The summed E-state index contributed by atoms with van der Waals surface area (Å²) in [5, 5.41) is 19.5. The van der Waals surface area contributed by atoms with Crippen molar-refractivity contribution in [3.8, 4) is 11.5 Å². The molecule has 0 aliphatic carbocycles. The molecule has 2 aromatic rings. The molecule has 210 valence electrons. The van der Waals surface area contributed by atoms with Crippen LogP contribution in [0.3, 0.4) is 0 Å². The Labute approximate surface area is 227 Å². The molecule has 0 spiro atoms. The number of hydrogen-bond donors (Lipinski definition) is 6. The predicted molar refractivity (Wildman–Crippen MR) is 149 cm³/mol. The van der Waals surface area contributed by atoms with E-state index < -0.39 is 0 Å². The molecule has 0 unspecified atom stereocenters. The van der Waals surface area contributed by atoms with Crippen LogP contribution in [0.1, 0.15) is 35.7 Å². The van der Waals surface area contributed by atoms with Gasteiger partial charge in [-0.2, -0.15) is 4.98 Å². The highest BCUT2D eigenvalue weighted by Crippen LogP contribution is 2.41. The van der Waals surface area contributed by atoms with Crippen LogP contribution in [-0.2, 0) is 0 Å². The van der Waals surface area contributed by atoms with E-state index in [0.29, 0.717) is 41.7 Å². The number of nitrogens with two attached hydrogens (primary N) is 1. The number of ether oxygens (including phenoxy) is 1. The number of carbonyl (C=O) groups is 1. The number of likely N-dealkylation sites (tertiary alicyclic amines) is 1. The molecule has 1 aromatic carbocycles. The van der Waals surface area contributed by atoms with E-state index in [1.807, 2.05) is 0 Å². The number of aromatic nitrogens is 2. The molecule has 1 aromatic heterocycles. The van der Waals surface area contributed by atoms with Crippen molar-refractivity contribution < 1.29 is 9.53 Å². The lowest BCUT2D eigenvalue weighted by Gasteiger charge is -2.33. The molecule has 0 saturated carbocycles. The maximum atomic E-state index is 12.9. The molecule has 39 heavy (non-hydrogen) atoms. The molecule has 3 aliphatic rings. The van der Waals surface area contributed by atoms with Gasteiger partial charge < -0.3 is 36.6 Å². The normalized spacial score (nSPS) is 17.8. The number of hydrogen-bond acceptors (Lipinski definition) is 9. The molecule has 4 heterocycles. The highest BCUT2D eigenvalue weighted by Gasteiger charge is 2.26. The quantitative estimate of drug-likeness (QED) is 0.126. The Morgan fingerprint density at radius 1 is 1.08 bits per heavy atom. The molecule has 5 rings (SSSR count). The fourth-order valence-corrected chi connectivity index (χ4v) is 5.29. The van der Waals surface area contributed by atoms with Crippen molar-refractivity contribution in [3.05, 3.63) is 40.4 Å². The van der Waals surface area contributed by atoms with Gasteiger partial charge in [-0.15, -0.1) is 0 Å². The zero-order valence-electron chi connectivity index (χ0n) is 22.2. The van der Waals surface area contributed by atoms with E-state index in [-0.39, 0.29) is 23.6 Å². The van der Waals surface area contributed by atoms with Gasteiger partial charge in [0, 0.05) is 70.5 Å². The molecule has 2 fully saturated rings. The van der Waals surface area contributed by atoms with Crippen LogP contribution in [0.15, 0.2) is 29.2 Å². The summed E-state index contributed by atoms with van der Waals surface area (Å²) in [6.45, 7) is 8.71. The molecule has 0 bridgehead atoms. The molecule has 13 nitrogen and oxygen atoms in total. The lowest BCUT2D eigenvalue weighted by Crippen LogP contribution is -2.46. The van der Waals surface area contributed by atoms with Gasteiger partial charge in [-0.05, 0) is 44.0 Å². The topological polar surface area (TPSA) is 166 Å². The number of amides is 1. The number of guanidine groups is 1. The minimum Gasteiger partial charge on any atom is -0.450 e. The Bertz CT molecular complexity index is 1230. The van der Waals surface area contributed by atoms with E-state index in [9.17, 15) is 9.59 Å². The van der Waals surface area contributed by atoms with Gasteiger partial charge in [0.25, 0.3) is 5.91 Å². The van der Waals surface area contributed by atoms with E-state index in [0.717, 1.165) is 71.6 Å². The molecule has 0 atom stereocenters. The summed E-state index contributed by atoms with van der Waals surface area (Å²) in [7, 11) is 0.